The van der Waals surface area contributed by atoms with Gasteiger partial charge in [-0.3, -0.25) is 0 Å². The highest BCUT2D eigenvalue weighted by atomic mass is 14.7. The summed E-state index contributed by atoms with van der Waals surface area (Å²) in [6, 6.07) is 14.7. The molecule has 1 heteroatoms. The van der Waals surface area contributed by atoms with E-state index in [-0.39, 0.29) is 0 Å². The van der Waals surface area contributed by atoms with Crippen LogP contribution in [0.5, 0.6) is 0 Å². The Morgan fingerprint density at radius 1 is 0.846 bits per heavy atom. The van der Waals surface area contributed by atoms with Crippen molar-refractivity contribution < 1.29 is 0 Å². The van der Waals surface area contributed by atoms with E-state index in [0.717, 1.165) is 0 Å². The highest BCUT2D eigenvalue weighted by Crippen LogP contribution is 2.29. The first kappa shape index (κ1) is 6.72. The first-order chi connectivity index (χ1) is 6.45. The van der Waals surface area contributed by atoms with E-state index in [9.17, 15) is 0 Å². The van der Waals surface area contributed by atoms with Crippen molar-refractivity contribution in [2.24, 2.45) is 0 Å². The predicted octanol–water partition coefficient (Wildman–Crippen LogP) is 3.27. The molecule has 2 aliphatic rings. The SMILES string of the molecule is c1cc2c[nH]c3ccccc3c-2c1. The molecule has 1 heterocycles. The average Bonchev–Trinajstić information content (AvgIpc) is 2.65. The molecule has 0 bridgehead atoms. The van der Waals surface area contributed by atoms with Gasteiger partial charge in [0.05, 0.1) is 0 Å². The number of fused-ring (bicyclic) bond motifs is 3. The van der Waals surface area contributed by atoms with E-state index < -0.39 is 0 Å². The van der Waals surface area contributed by atoms with E-state index in [1.165, 1.54) is 22.0 Å². The molecule has 13 heavy (non-hydrogen) atoms. The summed E-state index contributed by atoms with van der Waals surface area (Å²) >= 11 is 0. The molecule has 1 N–H and O–H groups in total. The number of aromatic amines is 1. The Hall–Kier alpha value is -1.76. The Kier molecular flexibility index (Phi) is 1.22. The second-order valence-electron chi connectivity index (χ2n) is 3.23. The van der Waals surface area contributed by atoms with E-state index in [1.54, 1.807) is 0 Å². The lowest BCUT2D eigenvalue weighted by Gasteiger charge is -2.04. The molecule has 1 aromatic carbocycles. The van der Waals surface area contributed by atoms with Crippen LogP contribution in [0.4, 0.5) is 0 Å². The summed E-state index contributed by atoms with van der Waals surface area (Å²) in [5, 5.41) is 1.30. The number of para-hydroxylation sites is 1. The summed E-state index contributed by atoms with van der Waals surface area (Å²) in [4.78, 5) is 3.28. The monoisotopic (exact) mass is 167 g/mol. The van der Waals surface area contributed by atoms with Gasteiger partial charge >= 0.3 is 0 Å². The summed E-state index contributed by atoms with van der Waals surface area (Å²) in [6.07, 6.45) is 2.05. The van der Waals surface area contributed by atoms with Crippen LogP contribution in [0.25, 0.3) is 22.0 Å². The normalized spacial score (nSPS) is 11.1. The van der Waals surface area contributed by atoms with Crippen molar-refractivity contribution in [1.29, 1.82) is 0 Å². The molecular formula is C12H9N. The molecule has 0 atom stereocenters. The number of hydrogen-bond donors (Lipinski definition) is 1. The molecule has 1 aliphatic heterocycles. The van der Waals surface area contributed by atoms with Gasteiger partial charge in [-0.2, -0.15) is 0 Å². The Balaban J connectivity index is 2.57. The van der Waals surface area contributed by atoms with Crippen LogP contribution in [0, 0.1) is 0 Å². The molecule has 3 rings (SSSR count). The Morgan fingerprint density at radius 2 is 1.77 bits per heavy atom. The van der Waals surface area contributed by atoms with Crippen molar-refractivity contribution in [2.45, 2.75) is 0 Å². The maximum atomic E-state index is 3.28. The van der Waals surface area contributed by atoms with Gasteiger partial charge in [-0.25, -0.2) is 0 Å². The van der Waals surface area contributed by atoms with E-state index in [2.05, 4.69) is 47.6 Å². The molecule has 1 nitrogen and oxygen atoms in total. The standard InChI is InChI=1S/C12H9N/c1-2-7-12-11(5-1)10-6-3-4-9(10)8-13-12/h1-8,13H. The molecule has 0 aromatic heterocycles. The largest absolute Gasteiger partial charge is 0.361 e. The molecular weight excluding hydrogens is 158 g/mol. The number of pyridine rings is 1. The van der Waals surface area contributed by atoms with Crippen molar-refractivity contribution in [2.75, 3.05) is 0 Å². The maximum Gasteiger partial charge on any atom is 0.0459 e. The van der Waals surface area contributed by atoms with Crippen LogP contribution in [0.3, 0.4) is 0 Å². The van der Waals surface area contributed by atoms with Crippen molar-refractivity contribution >= 4 is 10.9 Å². The van der Waals surface area contributed by atoms with Crippen molar-refractivity contribution in [1.82, 2.24) is 4.98 Å². The summed E-state index contributed by atoms with van der Waals surface area (Å²) < 4.78 is 0. The van der Waals surface area contributed by atoms with E-state index in [4.69, 9.17) is 0 Å². The van der Waals surface area contributed by atoms with Crippen LogP contribution in [-0.4, -0.2) is 4.98 Å². The quantitative estimate of drug-likeness (QED) is 0.529. The fourth-order valence-electron chi connectivity index (χ4n) is 1.80. The Morgan fingerprint density at radius 3 is 2.77 bits per heavy atom. The van der Waals surface area contributed by atoms with Gasteiger partial charge in [0, 0.05) is 17.1 Å². The minimum atomic E-state index is 1.20. The zero-order chi connectivity index (χ0) is 8.67. The number of nitrogens with one attached hydrogen (secondary N) is 1. The topological polar surface area (TPSA) is 15.8 Å². The number of hydrogen-bond acceptors (Lipinski definition) is 0. The van der Waals surface area contributed by atoms with Gasteiger partial charge in [0.25, 0.3) is 0 Å². The van der Waals surface area contributed by atoms with Gasteiger partial charge in [-0.15, -0.1) is 0 Å². The molecule has 0 fully saturated rings. The number of benzene rings is 1. The van der Waals surface area contributed by atoms with Gasteiger partial charge in [0.1, 0.15) is 0 Å². The first-order valence-electron chi connectivity index (χ1n) is 4.40. The third-order valence-corrected chi connectivity index (χ3v) is 2.45. The molecule has 0 radical (unpaired) electrons. The summed E-state index contributed by atoms with van der Waals surface area (Å²) in [7, 11) is 0. The van der Waals surface area contributed by atoms with E-state index in [0.29, 0.717) is 0 Å². The second-order valence-corrected chi connectivity index (χ2v) is 3.23. The van der Waals surface area contributed by atoms with Gasteiger partial charge in [0.15, 0.2) is 0 Å². The minimum Gasteiger partial charge on any atom is -0.361 e. The van der Waals surface area contributed by atoms with Crippen molar-refractivity contribution in [3.8, 4) is 11.1 Å². The number of H-pyrrole nitrogens is 1. The summed E-state index contributed by atoms with van der Waals surface area (Å²) in [6.45, 7) is 0. The van der Waals surface area contributed by atoms with E-state index >= 15 is 0 Å². The van der Waals surface area contributed by atoms with Gasteiger partial charge in [0.2, 0.25) is 0 Å². The van der Waals surface area contributed by atoms with Crippen molar-refractivity contribution in [3.63, 3.8) is 0 Å². The van der Waals surface area contributed by atoms with Crippen LogP contribution in [-0.2, 0) is 0 Å². The summed E-state index contributed by atoms with van der Waals surface area (Å²) in [5.41, 5.74) is 3.80. The molecule has 0 unspecified atom stereocenters. The highest BCUT2D eigenvalue weighted by molar-refractivity contribution is 5.95. The first-order valence-corrected chi connectivity index (χ1v) is 4.40. The number of rotatable bonds is 0. The van der Waals surface area contributed by atoms with Crippen LogP contribution in [0.2, 0.25) is 0 Å². The van der Waals surface area contributed by atoms with Crippen LogP contribution >= 0.6 is 0 Å². The Labute approximate surface area is 76.4 Å². The highest BCUT2D eigenvalue weighted by Gasteiger charge is 2.04. The molecule has 62 valence electrons. The molecule has 1 aromatic rings. The fraction of sp³-hybridized carbons (Fsp3) is 0. The van der Waals surface area contributed by atoms with Crippen LogP contribution in [0.1, 0.15) is 0 Å². The molecule has 0 spiro atoms. The van der Waals surface area contributed by atoms with Crippen LogP contribution in [0.15, 0.2) is 48.7 Å². The fourth-order valence-corrected chi connectivity index (χ4v) is 1.80. The zero-order valence-electron chi connectivity index (χ0n) is 7.12. The smallest absolute Gasteiger partial charge is 0.0459 e. The maximum absolute atomic E-state index is 3.28. The van der Waals surface area contributed by atoms with Gasteiger partial charge in [-0.1, -0.05) is 36.4 Å². The van der Waals surface area contributed by atoms with E-state index in [1.807, 2.05) is 6.07 Å². The molecule has 0 saturated heterocycles. The predicted molar refractivity (Wildman–Crippen MR) is 54.9 cm³/mol. The summed E-state index contributed by atoms with van der Waals surface area (Å²) in [5.74, 6) is 0. The van der Waals surface area contributed by atoms with Gasteiger partial charge in [-0.05, 0) is 17.2 Å². The lowest BCUT2D eigenvalue weighted by Crippen LogP contribution is -1.81. The second kappa shape index (κ2) is 2.36. The van der Waals surface area contributed by atoms with Crippen LogP contribution < -0.4 is 0 Å². The third-order valence-electron chi connectivity index (χ3n) is 2.45. The lowest BCUT2D eigenvalue weighted by atomic mass is 10.1. The molecule has 0 amide bonds. The minimum absolute atomic E-state index is 1.20. The van der Waals surface area contributed by atoms with Gasteiger partial charge < -0.3 is 4.98 Å². The third kappa shape index (κ3) is 0.872. The molecule has 1 aliphatic carbocycles. The van der Waals surface area contributed by atoms with Crippen molar-refractivity contribution in [3.05, 3.63) is 48.7 Å². The average molecular weight is 167 g/mol. The number of aromatic nitrogens is 1. The zero-order valence-corrected chi connectivity index (χ0v) is 7.12. The lowest BCUT2D eigenvalue weighted by molar-refractivity contribution is 1.42. The Bertz CT molecular complexity index is 522. The molecule has 0 saturated carbocycles.